The van der Waals surface area contributed by atoms with E-state index < -0.39 is 0 Å². The van der Waals surface area contributed by atoms with Crippen LogP contribution in [0.5, 0.6) is 5.75 Å². The smallest absolute Gasteiger partial charge is 0.242 e. The molecule has 0 spiro atoms. The second-order valence-corrected chi connectivity index (χ2v) is 6.96. The number of anilines is 1. The summed E-state index contributed by atoms with van der Waals surface area (Å²) in [6, 6.07) is 9.14. The van der Waals surface area contributed by atoms with Crippen molar-refractivity contribution in [3.63, 3.8) is 0 Å². The van der Waals surface area contributed by atoms with Crippen molar-refractivity contribution >= 4 is 29.3 Å². The van der Waals surface area contributed by atoms with Crippen molar-refractivity contribution in [1.82, 2.24) is 4.98 Å². The molecule has 0 bridgehead atoms. The van der Waals surface area contributed by atoms with Crippen LogP contribution in [0.1, 0.15) is 23.6 Å². The van der Waals surface area contributed by atoms with E-state index in [0.29, 0.717) is 17.9 Å². The summed E-state index contributed by atoms with van der Waals surface area (Å²) in [6.45, 7) is 0. The Hall–Kier alpha value is -2.21. The number of benzene rings is 1. The summed E-state index contributed by atoms with van der Waals surface area (Å²) in [7, 11) is 1.57. The highest BCUT2D eigenvalue weighted by Gasteiger charge is 2.51. The van der Waals surface area contributed by atoms with Gasteiger partial charge in [-0.15, -0.1) is 11.8 Å². The molecule has 0 saturated carbocycles. The van der Waals surface area contributed by atoms with Crippen molar-refractivity contribution in [2.24, 2.45) is 5.92 Å². The number of carbonyl (C=O) groups excluding carboxylic acids is 2. The summed E-state index contributed by atoms with van der Waals surface area (Å²) in [4.78, 5) is 30.6. The van der Waals surface area contributed by atoms with E-state index in [-0.39, 0.29) is 23.7 Å². The van der Waals surface area contributed by atoms with Gasteiger partial charge in [0.25, 0.3) is 0 Å². The van der Waals surface area contributed by atoms with Crippen molar-refractivity contribution in [2.45, 2.75) is 23.8 Å². The number of aryl methyl sites for hydroxylation is 1. The van der Waals surface area contributed by atoms with Crippen molar-refractivity contribution < 1.29 is 14.3 Å². The highest BCUT2D eigenvalue weighted by atomic mass is 32.2. The number of nitrogens with one attached hydrogen (secondary N) is 1. The van der Waals surface area contributed by atoms with E-state index in [1.54, 1.807) is 43.1 Å². The lowest BCUT2D eigenvalue weighted by atomic mass is 9.79. The molecule has 2 heterocycles. The van der Waals surface area contributed by atoms with E-state index in [1.807, 2.05) is 12.3 Å². The number of rotatable bonds is 3. The molecule has 1 N–H and O–H groups in total. The molecule has 2 amide bonds. The number of H-pyrrole nitrogens is 1. The molecule has 1 aromatic heterocycles. The predicted molar refractivity (Wildman–Crippen MR) is 92.6 cm³/mol. The molecule has 6 heteroatoms. The Bertz CT molecular complexity index is 829. The van der Waals surface area contributed by atoms with Gasteiger partial charge < -0.3 is 9.72 Å². The lowest BCUT2D eigenvalue weighted by molar-refractivity contribution is -0.122. The monoisotopic (exact) mass is 342 g/mol. The minimum atomic E-state index is -0.371. The number of hydrogen-bond donors (Lipinski definition) is 1. The van der Waals surface area contributed by atoms with E-state index in [1.165, 1.54) is 4.90 Å². The summed E-state index contributed by atoms with van der Waals surface area (Å²) >= 11 is 1.62. The summed E-state index contributed by atoms with van der Waals surface area (Å²) < 4.78 is 5.22. The van der Waals surface area contributed by atoms with Gasteiger partial charge in [-0.05, 0) is 42.9 Å². The Labute approximate surface area is 144 Å². The summed E-state index contributed by atoms with van der Waals surface area (Å²) in [5.74, 6) is -0.233. The molecule has 1 saturated heterocycles. The Kier molecular flexibility index (Phi) is 3.64. The Balaban J connectivity index is 1.75. The van der Waals surface area contributed by atoms with Gasteiger partial charge in [0.1, 0.15) is 5.75 Å². The number of methoxy groups -OCH3 is 1. The largest absolute Gasteiger partial charge is 0.497 e. The second-order valence-electron chi connectivity index (χ2n) is 6.11. The third kappa shape index (κ3) is 2.17. The molecule has 5 nitrogen and oxygen atoms in total. The number of carbonyl (C=O) groups is 2. The minimum Gasteiger partial charge on any atom is -0.497 e. The molecule has 1 fully saturated rings. The maximum atomic E-state index is 13.1. The summed E-state index contributed by atoms with van der Waals surface area (Å²) in [6.07, 6.45) is 3.51. The predicted octanol–water partition coefficient (Wildman–Crippen LogP) is 2.96. The first kappa shape index (κ1) is 15.3. The normalized spacial score (nSPS) is 22.5. The van der Waals surface area contributed by atoms with Gasteiger partial charge in [-0.2, -0.15) is 0 Å². The fraction of sp³-hybridized carbons (Fsp3) is 0.333. The number of amides is 2. The van der Waals surface area contributed by atoms with Crippen molar-refractivity contribution in [3.8, 4) is 5.75 Å². The molecule has 0 radical (unpaired) electrons. The maximum Gasteiger partial charge on any atom is 0.242 e. The van der Waals surface area contributed by atoms with Crippen LogP contribution in [0.3, 0.4) is 0 Å². The quantitative estimate of drug-likeness (QED) is 0.688. The van der Waals surface area contributed by atoms with Crippen molar-refractivity contribution in [3.05, 3.63) is 41.6 Å². The van der Waals surface area contributed by atoms with Crippen LogP contribution in [0.25, 0.3) is 0 Å². The van der Waals surface area contributed by atoms with E-state index in [2.05, 4.69) is 4.98 Å². The van der Waals surface area contributed by atoms with Crippen LogP contribution in [0.4, 0.5) is 5.69 Å². The molecule has 124 valence electrons. The van der Waals surface area contributed by atoms with Gasteiger partial charge in [0.15, 0.2) is 0 Å². The fourth-order valence-electron chi connectivity index (χ4n) is 3.75. The molecule has 24 heavy (non-hydrogen) atoms. The number of thioether (sulfide) groups is 1. The number of aromatic amines is 1. The van der Waals surface area contributed by atoms with Gasteiger partial charge >= 0.3 is 0 Å². The number of aromatic nitrogens is 1. The standard InChI is InChI=1S/C18H18N2O3S/c1-23-11-5-3-4-10(8-11)20-17(21)12-6-7-14-13(16(12)18(20)22)9-15(19-14)24-2/h3-5,8-9,12,16,19H,6-7H2,1-2H3/t12-,16-/m0/s1. The number of ether oxygens (including phenoxy) is 1. The first-order chi connectivity index (χ1) is 11.6. The molecular weight excluding hydrogens is 324 g/mol. The highest BCUT2D eigenvalue weighted by molar-refractivity contribution is 7.98. The van der Waals surface area contributed by atoms with E-state index >= 15 is 0 Å². The Morgan fingerprint density at radius 1 is 1.25 bits per heavy atom. The van der Waals surface area contributed by atoms with Gasteiger partial charge in [0.05, 0.1) is 29.7 Å². The van der Waals surface area contributed by atoms with Gasteiger partial charge in [-0.3, -0.25) is 9.59 Å². The molecule has 2 aromatic rings. The first-order valence-corrected chi connectivity index (χ1v) is 9.14. The zero-order valence-electron chi connectivity index (χ0n) is 13.5. The highest BCUT2D eigenvalue weighted by Crippen LogP contribution is 2.45. The van der Waals surface area contributed by atoms with Gasteiger partial charge in [0, 0.05) is 11.8 Å². The lowest BCUT2D eigenvalue weighted by Gasteiger charge is -2.21. The van der Waals surface area contributed by atoms with Crippen LogP contribution < -0.4 is 9.64 Å². The number of nitrogens with zero attached hydrogens (tertiary/aromatic N) is 1. The molecule has 2 aliphatic rings. The topological polar surface area (TPSA) is 62.4 Å². The van der Waals surface area contributed by atoms with Gasteiger partial charge in [-0.1, -0.05) is 6.07 Å². The van der Waals surface area contributed by atoms with E-state index in [9.17, 15) is 9.59 Å². The van der Waals surface area contributed by atoms with Crippen LogP contribution in [-0.4, -0.2) is 30.2 Å². The molecule has 2 atom stereocenters. The average Bonchev–Trinajstić information content (AvgIpc) is 3.14. The van der Waals surface area contributed by atoms with Crippen molar-refractivity contribution in [2.75, 3.05) is 18.3 Å². The Morgan fingerprint density at radius 2 is 2.08 bits per heavy atom. The van der Waals surface area contributed by atoms with Crippen molar-refractivity contribution in [1.29, 1.82) is 0 Å². The molecule has 4 rings (SSSR count). The number of hydrogen-bond acceptors (Lipinski definition) is 4. The van der Waals surface area contributed by atoms with Crippen LogP contribution in [0.15, 0.2) is 35.4 Å². The van der Waals surface area contributed by atoms with Gasteiger partial charge in [-0.25, -0.2) is 4.90 Å². The third-order valence-corrected chi connectivity index (χ3v) is 5.57. The van der Waals surface area contributed by atoms with Crippen LogP contribution in [-0.2, 0) is 16.0 Å². The number of imide groups is 1. The average molecular weight is 342 g/mol. The summed E-state index contributed by atoms with van der Waals surface area (Å²) in [5, 5.41) is 1.04. The zero-order chi connectivity index (χ0) is 16.8. The zero-order valence-corrected chi connectivity index (χ0v) is 14.4. The molecule has 1 aliphatic carbocycles. The van der Waals surface area contributed by atoms with E-state index in [4.69, 9.17) is 4.74 Å². The summed E-state index contributed by atoms with van der Waals surface area (Å²) in [5.41, 5.74) is 2.66. The molecule has 0 unspecified atom stereocenters. The molecule has 1 aliphatic heterocycles. The van der Waals surface area contributed by atoms with E-state index in [0.717, 1.165) is 22.7 Å². The van der Waals surface area contributed by atoms with Crippen LogP contribution in [0, 0.1) is 5.92 Å². The first-order valence-electron chi connectivity index (χ1n) is 7.91. The third-order valence-electron chi connectivity index (χ3n) is 4.91. The molecule has 1 aromatic carbocycles. The lowest BCUT2D eigenvalue weighted by Crippen LogP contribution is -2.30. The SMILES string of the molecule is COc1cccc(N2C(=O)[C@H]3CCc4[nH]c(SC)cc4[C@H]3C2=O)c1. The molecular formula is C18H18N2O3S. The second kappa shape index (κ2) is 5.70. The minimum absolute atomic E-state index is 0.101. The number of fused-ring (bicyclic) bond motifs is 3. The maximum absolute atomic E-state index is 13.1. The van der Waals surface area contributed by atoms with Crippen LogP contribution in [0.2, 0.25) is 0 Å². The van der Waals surface area contributed by atoms with Gasteiger partial charge in [0.2, 0.25) is 11.8 Å². The fourth-order valence-corrected chi connectivity index (χ4v) is 4.22. The van der Waals surface area contributed by atoms with Crippen LogP contribution >= 0.6 is 11.8 Å². The Morgan fingerprint density at radius 3 is 2.83 bits per heavy atom.